The number of carbonyl (C=O) groups is 1. The standard InChI is InChI=1S/C11H18O3/c1-3-8-5-4-6-9-11(8,2)7-13-10(12)14-9/h8-9H,3-7H2,1-2H3/t8?,9-,11?/m1/s1. The van der Waals surface area contributed by atoms with E-state index in [2.05, 4.69) is 13.8 Å². The van der Waals surface area contributed by atoms with Crippen LogP contribution in [0, 0.1) is 11.3 Å². The van der Waals surface area contributed by atoms with Gasteiger partial charge >= 0.3 is 6.16 Å². The summed E-state index contributed by atoms with van der Waals surface area (Å²) in [6.07, 6.45) is 4.17. The Morgan fingerprint density at radius 3 is 3.00 bits per heavy atom. The molecule has 0 amide bonds. The lowest BCUT2D eigenvalue weighted by Gasteiger charge is -2.48. The summed E-state index contributed by atoms with van der Waals surface area (Å²) >= 11 is 0. The average molecular weight is 198 g/mol. The van der Waals surface area contributed by atoms with Crippen LogP contribution in [0.25, 0.3) is 0 Å². The van der Waals surface area contributed by atoms with Crippen LogP contribution >= 0.6 is 0 Å². The number of fused-ring (bicyclic) bond motifs is 1. The maximum absolute atomic E-state index is 11.0. The first-order valence-electron chi connectivity index (χ1n) is 5.50. The minimum absolute atomic E-state index is 0.0565. The first kappa shape index (κ1) is 9.81. The van der Waals surface area contributed by atoms with E-state index in [0.717, 1.165) is 12.8 Å². The van der Waals surface area contributed by atoms with Crippen molar-refractivity contribution in [3.8, 4) is 0 Å². The van der Waals surface area contributed by atoms with E-state index >= 15 is 0 Å². The molecule has 0 radical (unpaired) electrons. The van der Waals surface area contributed by atoms with Gasteiger partial charge in [0.25, 0.3) is 0 Å². The first-order valence-corrected chi connectivity index (χ1v) is 5.50. The summed E-state index contributed by atoms with van der Waals surface area (Å²) in [5.41, 5.74) is 0.0565. The molecular formula is C11H18O3. The smallest absolute Gasteiger partial charge is 0.434 e. The molecule has 80 valence electrons. The number of rotatable bonds is 1. The summed E-state index contributed by atoms with van der Waals surface area (Å²) in [6.45, 7) is 4.93. The van der Waals surface area contributed by atoms with Crippen LogP contribution in [0.15, 0.2) is 0 Å². The molecule has 2 rings (SSSR count). The van der Waals surface area contributed by atoms with Gasteiger partial charge in [0.1, 0.15) is 12.7 Å². The monoisotopic (exact) mass is 198 g/mol. The molecule has 3 heteroatoms. The molecule has 3 nitrogen and oxygen atoms in total. The van der Waals surface area contributed by atoms with E-state index in [9.17, 15) is 4.79 Å². The van der Waals surface area contributed by atoms with Crippen molar-refractivity contribution in [2.45, 2.75) is 45.6 Å². The van der Waals surface area contributed by atoms with Gasteiger partial charge in [0, 0.05) is 5.41 Å². The molecular weight excluding hydrogens is 180 g/mol. The maximum atomic E-state index is 11.0. The van der Waals surface area contributed by atoms with Gasteiger partial charge in [-0.2, -0.15) is 0 Å². The van der Waals surface area contributed by atoms with E-state index in [-0.39, 0.29) is 11.5 Å². The second-order valence-corrected chi connectivity index (χ2v) is 4.69. The van der Waals surface area contributed by atoms with E-state index in [4.69, 9.17) is 9.47 Å². The van der Waals surface area contributed by atoms with Crippen molar-refractivity contribution in [2.24, 2.45) is 11.3 Å². The third kappa shape index (κ3) is 1.39. The summed E-state index contributed by atoms with van der Waals surface area (Å²) in [7, 11) is 0. The molecule has 2 unspecified atom stereocenters. The van der Waals surface area contributed by atoms with Gasteiger partial charge in [-0.25, -0.2) is 4.79 Å². The lowest BCUT2D eigenvalue weighted by atomic mass is 9.65. The Balaban J connectivity index is 2.17. The molecule has 0 aromatic rings. The summed E-state index contributed by atoms with van der Waals surface area (Å²) in [4.78, 5) is 11.0. The Kier molecular flexibility index (Phi) is 2.41. The largest absolute Gasteiger partial charge is 0.508 e. The molecule has 0 aromatic carbocycles. The van der Waals surface area contributed by atoms with Crippen LogP contribution in [0.4, 0.5) is 4.79 Å². The molecule has 0 spiro atoms. The predicted octanol–water partition coefficient (Wildman–Crippen LogP) is 2.74. The van der Waals surface area contributed by atoms with Crippen LogP contribution in [0.2, 0.25) is 0 Å². The third-order valence-corrected chi connectivity index (χ3v) is 3.92. The second-order valence-electron chi connectivity index (χ2n) is 4.69. The SMILES string of the molecule is CCC1CCC[C@H]2OC(=O)OCC12C. The maximum Gasteiger partial charge on any atom is 0.508 e. The number of hydrogen-bond acceptors (Lipinski definition) is 3. The summed E-state index contributed by atoms with van der Waals surface area (Å²) in [5.74, 6) is 0.634. The van der Waals surface area contributed by atoms with E-state index in [0.29, 0.717) is 12.5 Å². The Morgan fingerprint density at radius 2 is 2.29 bits per heavy atom. The zero-order valence-electron chi connectivity index (χ0n) is 8.91. The van der Waals surface area contributed by atoms with Crippen molar-refractivity contribution in [1.29, 1.82) is 0 Å². The van der Waals surface area contributed by atoms with Crippen LogP contribution in [0.3, 0.4) is 0 Å². The number of hydrogen-bond donors (Lipinski definition) is 0. The van der Waals surface area contributed by atoms with Crippen molar-refractivity contribution in [2.75, 3.05) is 6.61 Å². The van der Waals surface area contributed by atoms with E-state index in [1.807, 2.05) is 0 Å². The molecule has 0 aromatic heterocycles. The van der Waals surface area contributed by atoms with E-state index in [1.165, 1.54) is 12.8 Å². The Morgan fingerprint density at radius 1 is 1.50 bits per heavy atom. The van der Waals surface area contributed by atoms with Crippen LogP contribution in [-0.4, -0.2) is 18.9 Å². The average Bonchev–Trinajstić information content (AvgIpc) is 2.18. The topological polar surface area (TPSA) is 35.5 Å². The molecule has 1 saturated heterocycles. The molecule has 1 aliphatic carbocycles. The van der Waals surface area contributed by atoms with Gasteiger partial charge in [-0.1, -0.05) is 20.3 Å². The van der Waals surface area contributed by atoms with Gasteiger partial charge < -0.3 is 9.47 Å². The van der Waals surface area contributed by atoms with Gasteiger partial charge in [-0.05, 0) is 25.2 Å². The van der Waals surface area contributed by atoms with Crippen molar-refractivity contribution in [1.82, 2.24) is 0 Å². The summed E-state index contributed by atoms with van der Waals surface area (Å²) in [6, 6.07) is 0. The Hall–Kier alpha value is -0.730. The lowest BCUT2D eigenvalue weighted by Crippen LogP contribution is -2.51. The summed E-state index contributed by atoms with van der Waals surface area (Å²) in [5, 5.41) is 0. The second kappa shape index (κ2) is 3.44. The van der Waals surface area contributed by atoms with Gasteiger partial charge in [-0.3, -0.25) is 0 Å². The molecule has 2 fully saturated rings. The quantitative estimate of drug-likeness (QED) is 0.608. The number of carbonyl (C=O) groups excluding carboxylic acids is 1. The molecule has 2 aliphatic rings. The lowest BCUT2D eigenvalue weighted by molar-refractivity contribution is -0.144. The van der Waals surface area contributed by atoms with Gasteiger partial charge in [-0.15, -0.1) is 0 Å². The third-order valence-electron chi connectivity index (χ3n) is 3.92. The van der Waals surface area contributed by atoms with Crippen LogP contribution in [0.1, 0.15) is 39.5 Å². The molecule has 3 atom stereocenters. The van der Waals surface area contributed by atoms with Crippen LogP contribution in [0.5, 0.6) is 0 Å². The highest BCUT2D eigenvalue weighted by Crippen LogP contribution is 2.46. The highest BCUT2D eigenvalue weighted by atomic mass is 16.7. The van der Waals surface area contributed by atoms with Gasteiger partial charge in [0.15, 0.2) is 0 Å². The predicted molar refractivity (Wildman–Crippen MR) is 52.0 cm³/mol. The zero-order chi connectivity index (χ0) is 10.2. The minimum Gasteiger partial charge on any atom is -0.434 e. The van der Waals surface area contributed by atoms with E-state index in [1.54, 1.807) is 0 Å². The first-order chi connectivity index (χ1) is 6.66. The van der Waals surface area contributed by atoms with Crippen molar-refractivity contribution < 1.29 is 14.3 Å². The number of cyclic esters (lactones) is 1. The molecule has 0 bridgehead atoms. The zero-order valence-corrected chi connectivity index (χ0v) is 8.91. The Bertz CT molecular complexity index is 239. The molecule has 1 aliphatic heterocycles. The minimum atomic E-state index is -0.482. The highest BCUT2D eigenvalue weighted by molar-refractivity contribution is 5.61. The van der Waals surface area contributed by atoms with Crippen molar-refractivity contribution in [3.05, 3.63) is 0 Å². The van der Waals surface area contributed by atoms with Gasteiger partial charge in [0.2, 0.25) is 0 Å². The molecule has 1 saturated carbocycles. The molecule has 14 heavy (non-hydrogen) atoms. The molecule has 1 heterocycles. The molecule has 0 N–H and O–H groups in total. The fraction of sp³-hybridized carbons (Fsp3) is 0.909. The van der Waals surface area contributed by atoms with Crippen LogP contribution < -0.4 is 0 Å². The highest BCUT2D eigenvalue weighted by Gasteiger charge is 2.49. The normalized spacial score (nSPS) is 42.3. The van der Waals surface area contributed by atoms with E-state index < -0.39 is 6.16 Å². The van der Waals surface area contributed by atoms with Crippen LogP contribution in [-0.2, 0) is 9.47 Å². The van der Waals surface area contributed by atoms with Gasteiger partial charge in [0.05, 0.1) is 0 Å². The fourth-order valence-corrected chi connectivity index (χ4v) is 2.91. The van der Waals surface area contributed by atoms with Crippen molar-refractivity contribution in [3.63, 3.8) is 0 Å². The van der Waals surface area contributed by atoms with Crippen molar-refractivity contribution >= 4 is 6.16 Å². The number of ether oxygens (including phenoxy) is 2. The fourth-order valence-electron chi connectivity index (χ4n) is 2.91. The Labute approximate surface area is 84.8 Å². The summed E-state index contributed by atoms with van der Waals surface area (Å²) < 4.78 is 10.3.